The van der Waals surface area contributed by atoms with E-state index in [1.807, 2.05) is 39.0 Å². The van der Waals surface area contributed by atoms with Crippen LogP contribution in [-0.4, -0.2) is 15.7 Å². The molecule has 3 heteroatoms. The summed E-state index contributed by atoms with van der Waals surface area (Å²) in [5, 5.41) is 13.3. The van der Waals surface area contributed by atoms with Crippen LogP contribution in [0.25, 0.3) is 11.3 Å². The fourth-order valence-electron chi connectivity index (χ4n) is 1.64. The number of hydrogen-bond donors (Lipinski definition) is 1. The molecule has 1 unspecified atom stereocenters. The van der Waals surface area contributed by atoms with Gasteiger partial charge in [-0.05, 0) is 12.8 Å². The molecule has 0 saturated heterocycles. The summed E-state index contributed by atoms with van der Waals surface area (Å²) < 4.78 is 0. The Morgan fingerprint density at radius 1 is 1.28 bits per heavy atom. The Morgan fingerprint density at radius 2 is 1.94 bits per heavy atom. The van der Waals surface area contributed by atoms with Crippen LogP contribution in [0.15, 0.2) is 35.7 Å². The third-order valence-electron chi connectivity index (χ3n) is 3.37. The van der Waals surface area contributed by atoms with Crippen molar-refractivity contribution in [3.63, 3.8) is 0 Å². The summed E-state index contributed by atoms with van der Waals surface area (Å²) in [4.78, 5) is 4.61. The van der Waals surface area contributed by atoms with Crippen molar-refractivity contribution in [3.05, 3.63) is 40.7 Å². The van der Waals surface area contributed by atoms with Crippen LogP contribution < -0.4 is 0 Å². The van der Waals surface area contributed by atoms with Crippen LogP contribution in [0.3, 0.4) is 0 Å². The van der Waals surface area contributed by atoms with Crippen molar-refractivity contribution in [2.24, 2.45) is 5.92 Å². The van der Waals surface area contributed by atoms with Gasteiger partial charge in [0.1, 0.15) is 0 Å². The topological polar surface area (TPSA) is 33.1 Å². The number of aliphatic hydroxyl groups is 1. The van der Waals surface area contributed by atoms with Crippen LogP contribution in [0.5, 0.6) is 0 Å². The van der Waals surface area contributed by atoms with Gasteiger partial charge in [0.25, 0.3) is 0 Å². The maximum absolute atomic E-state index is 10.3. The normalized spacial score (nSPS) is 14.7. The van der Waals surface area contributed by atoms with Crippen LogP contribution in [0.4, 0.5) is 0 Å². The Hall–Kier alpha value is -1.19. The fourth-order valence-corrected chi connectivity index (χ4v) is 2.61. The van der Waals surface area contributed by atoms with Gasteiger partial charge < -0.3 is 5.11 Å². The lowest BCUT2D eigenvalue weighted by molar-refractivity contribution is 0.0139. The van der Waals surface area contributed by atoms with Gasteiger partial charge >= 0.3 is 0 Å². The Morgan fingerprint density at radius 3 is 2.56 bits per heavy atom. The molecule has 2 nitrogen and oxygen atoms in total. The molecule has 1 N–H and O–H groups in total. The molecule has 0 aliphatic heterocycles. The molecule has 0 amide bonds. The second-order valence-corrected chi connectivity index (χ2v) is 6.12. The van der Waals surface area contributed by atoms with Crippen LogP contribution in [0.1, 0.15) is 25.8 Å². The van der Waals surface area contributed by atoms with E-state index >= 15 is 0 Å². The lowest BCUT2D eigenvalue weighted by Crippen LogP contribution is -2.33. The molecular weight excluding hydrogens is 242 g/mol. The van der Waals surface area contributed by atoms with E-state index in [9.17, 15) is 5.11 Å². The molecule has 0 aliphatic rings. The van der Waals surface area contributed by atoms with Crippen molar-refractivity contribution >= 4 is 11.3 Å². The summed E-state index contributed by atoms with van der Waals surface area (Å²) in [5.41, 5.74) is 1.44. The first-order valence-electron chi connectivity index (χ1n) is 6.21. The van der Waals surface area contributed by atoms with E-state index < -0.39 is 5.60 Å². The predicted octanol–water partition coefficient (Wildman–Crippen LogP) is 3.76. The first-order valence-corrected chi connectivity index (χ1v) is 7.09. The van der Waals surface area contributed by atoms with Gasteiger partial charge in [-0.25, -0.2) is 4.98 Å². The van der Waals surface area contributed by atoms with Crippen LogP contribution >= 0.6 is 11.3 Å². The molecule has 96 valence electrons. The first-order chi connectivity index (χ1) is 8.49. The van der Waals surface area contributed by atoms with E-state index in [-0.39, 0.29) is 5.92 Å². The summed E-state index contributed by atoms with van der Waals surface area (Å²) in [6, 6.07) is 10.1. The predicted molar refractivity (Wildman–Crippen MR) is 76.7 cm³/mol. The van der Waals surface area contributed by atoms with E-state index in [0.29, 0.717) is 6.42 Å². The molecule has 1 aromatic carbocycles. The maximum Gasteiger partial charge on any atom is 0.0961 e. The zero-order valence-electron chi connectivity index (χ0n) is 11.1. The lowest BCUT2D eigenvalue weighted by Gasteiger charge is -2.26. The number of rotatable bonds is 4. The van der Waals surface area contributed by atoms with E-state index in [1.165, 1.54) is 0 Å². The van der Waals surface area contributed by atoms with Gasteiger partial charge in [-0.3, -0.25) is 0 Å². The highest BCUT2D eigenvalue weighted by Crippen LogP contribution is 2.27. The highest BCUT2D eigenvalue weighted by atomic mass is 32.1. The smallest absolute Gasteiger partial charge is 0.0961 e. The van der Waals surface area contributed by atoms with Crippen LogP contribution in [0.2, 0.25) is 0 Å². The van der Waals surface area contributed by atoms with Gasteiger partial charge in [0.05, 0.1) is 16.3 Å². The Bertz CT molecular complexity index is 502. The Labute approximate surface area is 112 Å². The zero-order chi connectivity index (χ0) is 13.2. The van der Waals surface area contributed by atoms with Crippen LogP contribution in [0, 0.1) is 5.92 Å². The average Bonchev–Trinajstić information content (AvgIpc) is 2.78. The SMILES string of the molecule is CC(C)C(C)(O)Cc1nc(-c2ccccc2)cs1. The Kier molecular flexibility index (Phi) is 3.83. The number of thiazole rings is 1. The molecule has 2 aromatic rings. The van der Waals surface area contributed by atoms with Crippen molar-refractivity contribution in [1.82, 2.24) is 4.98 Å². The van der Waals surface area contributed by atoms with Gasteiger partial charge in [-0.2, -0.15) is 0 Å². The summed E-state index contributed by atoms with van der Waals surface area (Å²) in [7, 11) is 0. The summed E-state index contributed by atoms with van der Waals surface area (Å²) in [6.45, 7) is 5.94. The molecule has 0 radical (unpaired) electrons. The minimum absolute atomic E-state index is 0.224. The minimum Gasteiger partial charge on any atom is -0.389 e. The lowest BCUT2D eigenvalue weighted by atomic mass is 9.89. The van der Waals surface area contributed by atoms with Crippen molar-refractivity contribution < 1.29 is 5.11 Å². The molecule has 1 heterocycles. The van der Waals surface area contributed by atoms with E-state index in [0.717, 1.165) is 16.3 Å². The van der Waals surface area contributed by atoms with Gasteiger partial charge in [0.2, 0.25) is 0 Å². The van der Waals surface area contributed by atoms with Gasteiger partial charge in [0.15, 0.2) is 0 Å². The second-order valence-electron chi connectivity index (χ2n) is 5.18. The molecule has 0 spiro atoms. The van der Waals surface area contributed by atoms with Crippen molar-refractivity contribution in [1.29, 1.82) is 0 Å². The standard InChI is InChI=1S/C15H19NOS/c1-11(2)15(3,17)9-14-16-13(10-18-14)12-7-5-4-6-8-12/h4-8,10-11,17H,9H2,1-3H3. The molecule has 0 bridgehead atoms. The van der Waals surface area contributed by atoms with Gasteiger partial charge in [-0.1, -0.05) is 44.2 Å². The van der Waals surface area contributed by atoms with Crippen molar-refractivity contribution in [2.75, 3.05) is 0 Å². The minimum atomic E-state index is -0.689. The average molecular weight is 261 g/mol. The molecule has 2 rings (SSSR count). The Balaban J connectivity index is 2.17. The highest BCUT2D eigenvalue weighted by Gasteiger charge is 2.26. The molecule has 1 atom stereocenters. The largest absolute Gasteiger partial charge is 0.389 e. The molecule has 0 aliphatic carbocycles. The quantitative estimate of drug-likeness (QED) is 0.909. The third-order valence-corrected chi connectivity index (χ3v) is 4.22. The molecule has 0 saturated carbocycles. The molecule has 0 fully saturated rings. The van der Waals surface area contributed by atoms with Crippen molar-refractivity contribution in [3.8, 4) is 11.3 Å². The maximum atomic E-state index is 10.3. The molecule has 18 heavy (non-hydrogen) atoms. The third kappa shape index (κ3) is 2.98. The number of nitrogens with zero attached hydrogens (tertiary/aromatic N) is 1. The van der Waals surface area contributed by atoms with Crippen LogP contribution in [-0.2, 0) is 6.42 Å². The monoisotopic (exact) mass is 261 g/mol. The van der Waals surface area contributed by atoms with Gasteiger partial charge in [0, 0.05) is 17.4 Å². The first kappa shape index (κ1) is 13.2. The number of aromatic nitrogens is 1. The van der Waals surface area contributed by atoms with Crippen molar-refractivity contribution in [2.45, 2.75) is 32.8 Å². The zero-order valence-corrected chi connectivity index (χ0v) is 11.9. The fraction of sp³-hybridized carbons (Fsp3) is 0.400. The van der Waals surface area contributed by atoms with Gasteiger partial charge in [-0.15, -0.1) is 11.3 Å². The van der Waals surface area contributed by atoms with E-state index in [1.54, 1.807) is 11.3 Å². The molecule has 1 aromatic heterocycles. The number of hydrogen-bond acceptors (Lipinski definition) is 3. The second kappa shape index (κ2) is 5.21. The van der Waals surface area contributed by atoms with E-state index in [4.69, 9.17) is 0 Å². The summed E-state index contributed by atoms with van der Waals surface area (Å²) in [5.74, 6) is 0.224. The summed E-state index contributed by atoms with van der Waals surface area (Å²) >= 11 is 1.62. The summed E-state index contributed by atoms with van der Waals surface area (Å²) in [6.07, 6.45) is 0.613. The van der Waals surface area contributed by atoms with E-state index in [2.05, 4.69) is 22.5 Å². The molecular formula is C15H19NOS. The number of benzene rings is 1. The highest BCUT2D eigenvalue weighted by molar-refractivity contribution is 7.09.